The number of anilines is 1. The van der Waals surface area contributed by atoms with E-state index in [1.165, 1.54) is 0 Å². The smallest absolute Gasteiger partial charge is 0.293 e. The van der Waals surface area contributed by atoms with Gasteiger partial charge in [0.15, 0.2) is 10.4 Å². The van der Waals surface area contributed by atoms with Crippen molar-refractivity contribution in [3.8, 4) is 23.0 Å². The predicted octanol–water partition coefficient (Wildman–Crippen LogP) is 3.13. The molecule has 0 bridgehead atoms. The van der Waals surface area contributed by atoms with Crippen LogP contribution in [0.25, 0.3) is 23.0 Å². The number of furan rings is 1. The maximum Gasteiger partial charge on any atom is 0.293 e. The molecule has 0 radical (unpaired) electrons. The van der Waals surface area contributed by atoms with Crippen LogP contribution in [0, 0.1) is 0 Å². The van der Waals surface area contributed by atoms with Crippen LogP contribution in [0.4, 0.5) is 5.69 Å². The van der Waals surface area contributed by atoms with Gasteiger partial charge in [-0.3, -0.25) is 4.72 Å². The normalized spacial score (nSPS) is 11.5. The average molecular weight is 384 g/mol. The van der Waals surface area contributed by atoms with Crippen LogP contribution in [0.3, 0.4) is 0 Å². The minimum atomic E-state index is -3.30. The molecule has 3 rings (SSSR count). The Hall–Kier alpha value is -2.13. The van der Waals surface area contributed by atoms with Gasteiger partial charge in [-0.05, 0) is 52.3 Å². The molecule has 0 aliphatic rings. The molecule has 0 fully saturated rings. The quantitative estimate of drug-likeness (QED) is 0.742. The van der Waals surface area contributed by atoms with Gasteiger partial charge < -0.3 is 8.94 Å². The van der Waals surface area contributed by atoms with Gasteiger partial charge in [0.05, 0.1) is 6.26 Å². The molecule has 0 aliphatic heterocycles. The summed E-state index contributed by atoms with van der Waals surface area (Å²) in [6.45, 7) is 0. The van der Waals surface area contributed by atoms with E-state index in [-0.39, 0.29) is 5.89 Å². The van der Waals surface area contributed by atoms with Gasteiger partial charge in [-0.25, -0.2) is 8.42 Å². The molecule has 0 spiro atoms. The fourth-order valence-corrected chi connectivity index (χ4v) is 2.64. The van der Waals surface area contributed by atoms with Crippen molar-refractivity contribution in [1.82, 2.24) is 10.1 Å². The van der Waals surface area contributed by atoms with Crippen molar-refractivity contribution < 1.29 is 17.4 Å². The molecule has 0 aliphatic carbocycles. The van der Waals surface area contributed by atoms with Crippen molar-refractivity contribution in [2.45, 2.75) is 0 Å². The molecule has 9 heteroatoms. The Kier molecular flexibility index (Phi) is 3.75. The summed E-state index contributed by atoms with van der Waals surface area (Å²) in [5.74, 6) is 1.11. The number of sulfonamides is 1. The molecule has 0 unspecified atom stereocenters. The second kappa shape index (κ2) is 5.58. The molecule has 0 saturated heterocycles. The maximum absolute atomic E-state index is 11.2. The van der Waals surface area contributed by atoms with Gasteiger partial charge in [-0.15, -0.1) is 0 Å². The summed E-state index contributed by atoms with van der Waals surface area (Å²) >= 11 is 3.20. The first kappa shape index (κ1) is 14.8. The Morgan fingerprint density at radius 3 is 2.45 bits per heavy atom. The Balaban J connectivity index is 1.84. The summed E-state index contributed by atoms with van der Waals surface area (Å²) in [6.07, 6.45) is 1.09. The van der Waals surface area contributed by atoms with E-state index in [1.54, 1.807) is 36.4 Å². The standard InChI is InChI=1S/C13H10BrN3O4S/c1-22(18,19)17-9-4-2-8(3-5-9)12-15-13(21-16-12)10-6-7-11(14)20-10/h2-7,17H,1H3. The zero-order chi connectivity index (χ0) is 15.7. The van der Waals surface area contributed by atoms with Crippen LogP contribution in [0.15, 0.2) is 50.0 Å². The lowest BCUT2D eigenvalue weighted by atomic mass is 10.2. The average Bonchev–Trinajstić information content (AvgIpc) is 3.06. The topological polar surface area (TPSA) is 98.2 Å². The van der Waals surface area contributed by atoms with E-state index in [9.17, 15) is 8.42 Å². The van der Waals surface area contributed by atoms with E-state index in [2.05, 4.69) is 30.8 Å². The van der Waals surface area contributed by atoms with Gasteiger partial charge >= 0.3 is 0 Å². The largest absolute Gasteiger partial charge is 0.444 e. The monoisotopic (exact) mass is 383 g/mol. The van der Waals surface area contributed by atoms with E-state index in [4.69, 9.17) is 8.94 Å². The Morgan fingerprint density at radius 1 is 1.14 bits per heavy atom. The summed E-state index contributed by atoms with van der Waals surface area (Å²) in [6, 6.07) is 10.1. The molecule has 2 aromatic heterocycles. The van der Waals surface area contributed by atoms with Crippen LogP contribution in [0.2, 0.25) is 0 Å². The van der Waals surface area contributed by atoms with Gasteiger partial charge in [-0.1, -0.05) is 5.16 Å². The third-order valence-electron chi connectivity index (χ3n) is 2.66. The second-order valence-electron chi connectivity index (χ2n) is 4.48. The summed E-state index contributed by atoms with van der Waals surface area (Å²) in [4.78, 5) is 4.24. The number of rotatable bonds is 4. The zero-order valence-electron chi connectivity index (χ0n) is 11.3. The first-order chi connectivity index (χ1) is 10.4. The number of halogens is 1. The van der Waals surface area contributed by atoms with Crippen molar-refractivity contribution in [2.24, 2.45) is 0 Å². The molecule has 1 N–H and O–H groups in total. The lowest BCUT2D eigenvalue weighted by molar-refractivity contribution is 0.414. The number of hydrogen-bond donors (Lipinski definition) is 1. The lowest BCUT2D eigenvalue weighted by Gasteiger charge is -2.03. The fourth-order valence-electron chi connectivity index (χ4n) is 1.77. The maximum atomic E-state index is 11.2. The van der Waals surface area contributed by atoms with Crippen LogP contribution in [0.1, 0.15) is 0 Å². The summed E-state index contributed by atoms with van der Waals surface area (Å²) in [5, 5.41) is 3.88. The van der Waals surface area contributed by atoms with E-state index >= 15 is 0 Å². The zero-order valence-corrected chi connectivity index (χ0v) is 13.7. The van der Waals surface area contributed by atoms with Crippen LogP contribution >= 0.6 is 15.9 Å². The van der Waals surface area contributed by atoms with Crippen molar-refractivity contribution in [1.29, 1.82) is 0 Å². The van der Waals surface area contributed by atoms with Gasteiger partial charge in [0, 0.05) is 11.3 Å². The van der Waals surface area contributed by atoms with Crippen LogP contribution < -0.4 is 4.72 Å². The highest BCUT2D eigenvalue weighted by Crippen LogP contribution is 2.26. The molecule has 0 saturated carbocycles. The van der Waals surface area contributed by atoms with Crippen molar-refractivity contribution in [3.63, 3.8) is 0 Å². The molecule has 0 atom stereocenters. The van der Waals surface area contributed by atoms with Crippen LogP contribution in [0.5, 0.6) is 0 Å². The highest BCUT2D eigenvalue weighted by molar-refractivity contribution is 9.10. The van der Waals surface area contributed by atoms with Gasteiger partial charge in [0.25, 0.3) is 5.89 Å². The highest BCUT2D eigenvalue weighted by atomic mass is 79.9. The van der Waals surface area contributed by atoms with Crippen molar-refractivity contribution in [3.05, 3.63) is 41.1 Å². The number of benzene rings is 1. The lowest BCUT2D eigenvalue weighted by Crippen LogP contribution is -2.09. The van der Waals surface area contributed by atoms with Gasteiger partial charge in [-0.2, -0.15) is 4.98 Å². The van der Waals surface area contributed by atoms with Crippen LogP contribution in [-0.2, 0) is 10.0 Å². The molecule has 2 heterocycles. The number of nitrogens with one attached hydrogen (secondary N) is 1. The van der Waals surface area contributed by atoms with E-state index in [0.717, 1.165) is 6.26 Å². The summed E-state index contributed by atoms with van der Waals surface area (Å²) < 4.78 is 35.7. The predicted molar refractivity (Wildman–Crippen MR) is 83.6 cm³/mol. The molecular weight excluding hydrogens is 374 g/mol. The summed E-state index contributed by atoms with van der Waals surface area (Å²) in [5.41, 5.74) is 1.16. The van der Waals surface area contributed by atoms with Crippen molar-refractivity contribution >= 4 is 31.6 Å². The Bertz CT molecular complexity index is 900. The molecule has 22 heavy (non-hydrogen) atoms. The molecule has 0 amide bonds. The molecule has 114 valence electrons. The minimum absolute atomic E-state index is 0.263. The van der Waals surface area contributed by atoms with E-state index in [1.807, 2.05) is 0 Å². The third-order valence-corrected chi connectivity index (χ3v) is 3.69. The Labute approximate surface area is 134 Å². The number of nitrogens with zero attached hydrogens (tertiary/aromatic N) is 2. The van der Waals surface area contributed by atoms with E-state index in [0.29, 0.717) is 27.5 Å². The molecule has 7 nitrogen and oxygen atoms in total. The van der Waals surface area contributed by atoms with Crippen LogP contribution in [-0.4, -0.2) is 24.8 Å². The van der Waals surface area contributed by atoms with Gasteiger partial charge in [0.1, 0.15) is 0 Å². The van der Waals surface area contributed by atoms with E-state index < -0.39 is 10.0 Å². The number of hydrogen-bond acceptors (Lipinski definition) is 6. The third kappa shape index (κ3) is 3.37. The summed E-state index contributed by atoms with van der Waals surface area (Å²) in [7, 11) is -3.30. The SMILES string of the molecule is CS(=O)(=O)Nc1ccc(-c2noc(-c3ccc(Br)o3)n2)cc1. The second-order valence-corrected chi connectivity index (χ2v) is 7.01. The molecule has 3 aromatic rings. The fraction of sp³-hybridized carbons (Fsp3) is 0.0769. The van der Waals surface area contributed by atoms with Crippen molar-refractivity contribution in [2.75, 3.05) is 11.0 Å². The molecular formula is C13H10BrN3O4S. The first-order valence-corrected chi connectivity index (χ1v) is 8.77. The number of aromatic nitrogens is 2. The minimum Gasteiger partial charge on any atom is -0.444 e. The highest BCUT2D eigenvalue weighted by Gasteiger charge is 2.14. The Morgan fingerprint density at radius 2 is 1.86 bits per heavy atom. The first-order valence-electron chi connectivity index (χ1n) is 6.08. The van der Waals surface area contributed by atoms with Gasteiger partial charge in [0.2, 0.25) is 15.8 Å². The molecule has 1 aromatic carbocycles.